The zero-order valence-corrected chi connectivity index (χ0v) is 9.20. The maximum Gasteiger partial charge on any atom is 0.0708 e. The topological polar surface area (TPSA) is 32.7 Å². The highest BCUT2D eigenvalue weighted by atomic mass is 16.5. The summed E-state index contributed by atoms with van der Waals surface area (Å²) >= 11 is 0. The van der Waals surface area contributed by atoms with Crippen LogP contribution in [-0.4, -0.2) is 48.5 Å². The predicted molar refractivity (Wildman–Crippen MR) is 55.2 cm³/mol. The molecule has 14 heavy (non-hydrogen) atoms. The lowest BCUT2D eigenvalue weighted by atomic mass is 9.90. The third-order valence-electron chi connectivity index (χ3n) is 3.20. The van der Waals surface area contributed by atoms with Crippen LogP contribution >= 0.6 is 0 Å². The molecule has 0 radical (unpaired) electrons. The highest BCUT2D eigenvalue weighted by Crippen LogP contribution is 2.31. The Morgan fingerprint density at radius 2 is 2.29 bits per heavy atom. The van der Waals surface area contributed by atoms with E-state index in [1.54, 1.807) is 0 Å². The van der Waals surface area contributed by atoms with E-state index in [9.17, 15) is 5.11 Å². The van der Waals surface area contributed by atoms with E-state index in [1.165, 1.54) is 0 Å². The number of β-amino-alcohol motifs (C(OH)–C–C–N with tert-alkyl or cyclic N) is 1. The Labute approximate surface area is 86.0 Å². The Balaban J connectivity index is 1.76. The van der Waals surface area contributed by atoms with E-state index in [0.717, 1.165) is 39.1 Å². The van der Waals surface area contributed by atoms with Crippen molar-refractivity contribution in [2.24, 2.45) is 5.41 Å². The van der Waals surface area contributed by atoms with Gasteiger partial charge in [0.05, 0.1) is 18.8 Å². The first-order valence-corrected chi connectivity index (χ1v) is 5.57. The lowest BCUT2D eigenvalue weighted by Gasteiger charge is -2.20. The van der Waals surface area contributed by atoms with Crippen molar-refractivity contribution in [1.29, 1.82) is 0 Å². The third kappa shape index (κ3) is 2.47. The second-order valence-corrected chi connectivity index (χ2v) is 5.50. The number of ether oxygens (including phenoxy) is 1. The van der Waals surface area contributed by atoms with Gasteiger partial charge in [-0.3, -0.25) is 4.90 Å². The molecule has 2 atom stereocenters. The number of aliphatic hydroxyl groups excluding tert-OH is 1. The fraction of sp³-hybridized carbons (Fsp3) is 1.00. The van der Waals surface area contributed by atoms with Gasteiger partial charge in [-0.15, -0.1) is 0 Å². The van der Waals surface area contributed by atoms with Crippen molar-refractivity contribution in [2.45, 2.75) is 38.9 Å². The van der Waals surface area contributed by atoms with Crippen molar-refractivity contribution in [2.75, 3.05) is 26.2 Å². The van der Waals surface area contributed by atoms with Crippen molar-refractivity contribution in [3.05, 3.63) is 0 Å². The summed E-state index contributed by atoms with van der Waals surface area (Å²) in [7, 11) is 0. The van der Waals surface area contributed by atoms with Crippen LogP contribution in [0.1, 0.15) is 26.7 Å². The molecule has 2 heterocycles. The minimum absolute atomic E-state index is 0.107. The number of rotatable bonds is 2. The van der Waals surface area contributed by atoms with Crippen LogP contribution in [0.25, 0.3) is 0 Å². The highest BCUT2D eigenvalue weighted by molar-refractivity contribution is 4.84. The summed E-state index contributed by atoms with van der Waals surface area (Å²) in [6.07, 6.45) is 2.36. The molecular formula is C11H21NO2. The van der Waals surface area contributed by atoms with Gasteiger partial charge < -0.3 is 9.84 Å². The van der Waals surface area contributed by atoms with Crippen LogP contribution in [0.15, 0.2) is 0 Å². The molecule has 3 heteroatoms. The minimum Gasteiger partial charge on any atom is -0.392 e. The summed E-state index contributed by atoms with van der Waals surface area (Å²) in [5, 5.41) is 9.39. The van der Waals surface area contributed by atoms with E-state index in [4.69, 9.17) is 4.74 Å². The Kier molecular flexibility index (Phi) is 2.82. The van der Waals surface area contributed by atoms with E-state index >= 15 is 0 Å². The average molecular weight is 199 g/mol. The molecule has 0 spiro atoms. The lowest BCUT2D eigenvalue weighted by Crippen LogP contribution is -2.31. The van der Waals surface area contributed by atoms with Crippen molar-refractivity contribution < 1.29 is 9.84 Å². The molecule has 0 aromatic carbocycles. The van der Waals surface area contributed by atoms with E-state index in [2.05, 4.69) is 18.7 Å². The van der Waals surface area contributed by atoms with Gasteiger partial charge in [0.2, 0.25) is 0 Å². The number of hydrogen-bond acceptors (Lipinski definition) is 3. The van der Waals surface area contributed by atoms with Crippen molar-refractivity contribution in [3.8, 4) is 0 Å². The molecule has 2 saturated heterocycles. The first-order valence-electron chi connectivity index (χ1n) is 5.57. The number of aliphatic hydroxyl groups is 1. The molecule has 0 bridgehead atoms. The SMILES string of the molecule is CC1(C)COC(CN2CC[C@H](O)C2)C1. The van der Waals surface area contributed by atoms with Gasteiger partial charge in [0.25, 0.3) is 0 Å². The van der Waals surface area contributed by atoms with Gasteiger partial charge in [-0.2, -0.15) is 0 Å². The number of nitrogens with zero attached hydrogens (tertiary/aromatic N) is 1. The molecule has 2 rings (SSSR count). The first kappa shape index (κ1) is 10.4. The summed E-state index contributed by atoms with van der Waals surface area (Å²) < 4.78 is 5.74. The molecule has 0 saturated carbocycles. The molecule has 3 nitrogen and oxygen atoms in total. The summed E-state index contributed by atoms with van der Waals surface area (Å²) in [4.78, 5) is 2.32. The van der Waals surface area contributed by atoms with Crippen LogP contribution < -0.4 is 0 Å². The first-order chi connectivity index (χ1) is 6.55. The number of likely N-dealkylation sites (tertiary alicyclic amines) is 1. The smallest absolute Gasteiger partial charge is 0.0708 e. The van der Waals surface area contributed by atoms with Gasteiger partial charge in [0.15, 0.2) is 0 Å². The third-order valence-corrected chi connectivity index (χ3v) is 3.20. The van der Waals surface area contributed by atoms with E-state index in [-0.39, 0.29) is 6.10 Å². The quantitative estimate of drug-likeness (QED) is 0.716. The second-order valence-electron chi connectivity index (χ2n) is 5.50. The van der Waals surface area contributed by atoms with Gasteiger partial charge in [-0.05, 0) is 18.3 Å². The maximum absolute atomic E-state index is 9.39. The Morgan fingerprint density at radius 1 is 1.50 bits per heavy atom. The fourth-order valence-corrected chi connectivity index (χ4v) is 2.46. The molecule has 1 unspecified atom stereocenters. The molecule has 2 aliphatic rings. The van der Waals surface area contributed by atoms with Gasteiger partial charge in [0.1, 0.15) is 0 Å². The van der Waals surface area contributed by atoms with Crippen LogP contribution in [0.4, 0.5) is 0 Å². The second kappa shape index (κ2) is 3.80. The van der Waals surface area contributed by atoms with Crippen LogP contribution in [0.5, 0.6) is 0 Å². The monoisotopic (exact) mass is 199 g/mol. The molecule has 1 N–H and O–H groups in total. The maximum atomic E-state index is 9.39. The Bertz CT molecular complexity index is 205. The van der Waals surface area contributed by atoms with Crippen LogP contribution in [0, 0.1) is 5.41 Å². The van der Waals surface area contributed by atoms with Gasteiger partial charge in [0, 0.05) is 19.6 Å². The van der Waals surface area contributed by atoms with Gasteiger partial charge in [-0.25, -0.2) is 0 Å². The molecule has 82 valence electrons. The standard InChI is InChI=1S/C11H21NO2/c1-11(2)5-10(14-8-11)7-12-4-3-9(13)6-12/h9-10,13H,3-8H2,1-2H3/t9-,10?/m0/s1. The van der Waals surface area contributed by atoms with Crippen LogP contribution in [-0.2, 0) is 4.74 Å². The van der Waals surface area contributed by atoms with E-state index in [0.29, 0.717) is 11.5 Å². The molecule has 0 aromatic rings. The largest absolute Gasteiger partial charge is 0.392 e. The predicted octanol–water partition coefficient (Wildman–Crippen LogP) is 0.868. The fourth-order valence-electron chi connectivity index (χ4n) is 2.46. The molecule has 2 fully saturated rings. The minimum atomic E-state index is -0.107. The molecular weight excluding hydrogens is 178 g/mol. The van der Waals surface area contributed by atoms with E-state index < -0.39 is 0 Å². The van der Waals surface area contributed by atoms with Crippen LogP contribution in [0.3, 0.4) is 0 Å². The van der Waals surface area contributed by atoms with Crippen molar-refractivity contribution >= 4 is 0 Å². The van der Waals surface area contributed by atoms with E-state index in [1.807, 2.05) is 0 Å². The highest BCUT2D eigenvalue weighted by Gasteiger charge is 2.34. The molecule has 0 aromatic heterocycles. The summed E-state index contributed by atoms with van der Waals surface area (Å²) in [5.41, 5.74) is 0.350. The van der Waals surface area contributed by atoms with Gasteiger partial charge in [-0.1, -0.05) is 13.8 Å². The zero-order valence-electron chi connectivity index (χ0n) is 9.20. The summed E-state index contributed by atoms with van der Waals surface area (Å²) in [6, 6.07) is 0. The molecule has 2 aliphatic heterocycles. The lowest BCUT2D eigenvalue weighted by molar-refractivity contribution is 0.0697. The number of hydrogen-bond donors (Lipinski definition) is 1. The van der Waals surface area contributed by atoms with Crippen LogP contribution in [0.2, 0.25) is 0 Å². The Hall–Kier alpha value is -0.120. The van der Waals surface area contributed by atoms with Crippen molar-refractivity contribution in [1.82, 2.24) is 4.90 Å². The zero-order chi connectivity index (χ0) is 10.2. The normalized spacial score (nSPS) is 37.9. The average Bonchev–Trinajstić information content (AvgIpc) is 2.59. The summed E-state index contributed by atoms with van der Waals surface area (Å²) in [6.45, 7) is 8.26. The summed E-state index contributed by atoms with van der Waals surface area (Å²) in [5.74, 6) is 0. The van der Waals surface area contributed by atoms with Crippen molar-refractivity contribution in [3.63, 3.8) is 0 Å². The van der Waals surface area contributed by atoms with Gasteiger partial charge >= 0.3 is 0 Å². The molecule has 0 aliphatic carbocycles. The Morgan fingerprint density at radius 3 is 2.79 bits per heavy atom. The molecule has 0 amide bonds.